The van der Waals surface area contributed by atoms with E-state index in [1.807, 2.05) is 6.92 Å². The van der Waals surface area contributed by atoms with Crippen molar-refractivity contribution in [1.29, 1.82) is 0 Å². The molecule has 24 heavy (non-hydrogen) atoms. The lowest BCUT2D eigenvalue weighted by atomic mass is 9.73. The van der Waals surface area contributed by atoms with E-state index in [-0.39, 0.29) is 18.4 Å². The summed E-state index contributed by atoms with van der Waals surface area (Å²) in [5.41, 5.74) is -0.458. The molecule has 1 aromatic carbocycles. The molecule has 1 saturated heterocycles. The van der Waals surface area contributed by atoms with Gasteiger partial charge in [-0.3, -0.25) is 14.5 Å². The van der Waals surface area contributed by atoms with Crippen LogP contribution in [0.4, 0.5) is 14.9 Å². The first-order valence-electron chi connectivity index (χ1n) is 8.12. The molecule has 7 heteroatoms. The average Bonchev–Trinajstić information content (AvgIpc) is 2.78. The number of carbonyl (C=O) groups is 3. The number of urea groups is 1. The average molecular weight is 333 g/mol. The van der Waals surface area contributed by atoms with Crippen molar-refractivity contribution in [3.63, 3.8) is 0 Å². The fraction of sp³-hybridized carbons (Fsp3) is 0.471. The summed E-state index contributed by atoms with van der Waals surface area (Å²) in [5.74, 6) is -1.18. The van der Waals surface area contributed by atoms with Gasteiger partial charge in [0.15, 0.2) is 0 Å². The highest BCUT2D eigenvalue weighted by atomic mass is 19.1. The molecule has 1 aromatic rings. The van der Waals surface area contributed by atoms with Crippen molar-refractivity contribution in [3.05, 3.63) is 30.1 Å². The summed E-state index contributed by atoms with van der Waals surface area (Å²) in [6.45, 7) is 1.61. The molecule has 0 radical (unpaired) electrons. The Morgan fingerprint density at radius 1 is 1.33 bits per heavy atom. The highest BCUT2D eigenvalue weighted by Gasteiger charge is 2.55. The lowest BCUT2D eigenvalue weighted by Crippen LogP contribution is -2.54. The molecule has 1 heterocycles. The van der Waals surface area contributed by atoms with Crippen LogP contribution >= 0.6 is 0 Å². The zero-order valence-corrected chi connectivity index (χ0v) is 13.5. The minimum atomic E-state index is -0.870. The molecule has 2 aliphatic rings. The Labute approximate surface area is 139 Å². The lowest BCUT2D eigenvalue weighted by Gasteiger charge is -2.36. The van der Waals surface area contributed by atoms with Gasteiger partial charge in [0.05, 0.1) is 0 Å². The van der Waals surface area contributed by atoms with Gasteiger partial charge in [-0.2, -0.15) is 0 Å². The maximum absolute atomic E-state index is 12.9. The van der Waals surface area contributed by atoms with E-state index in [0.717, 1.165) is 24.2 Å². The number of nitrogens with zero attached hydrogens (tertiary/aromatic N) is 1. The van der Waals surface area contributed by atoms with Crippen LogP contribution in [0.15, 0.2) is 24.3 Å². The maximum Gasteiger partial charge on any atom is 0.325 e. The number of rotatable bonds is 3. The fourth-order valence-corrected chi connectivity index (χ4v) is 3.52. The Morgan fingerprint density at radius 2 is 2.04 bits per heavy atom. The molecule has 6 nitrogen and oxygen atoms in total. The largest absolute Gasteiger partial charge is 0.325 e. The van der Waals surface area contributed by atoms with E-state index >= 15 is 0 Å². The van der Waals surface area contributed by atoms with Gasteiger partial charge >= 0.3 is 6.03 Å². The number of halogens is 1. The van der Waals surface area contributed by atoms with E-state index < -0.39 is 23.3 Å². The number of benzene rings is 1. The van der Waals surface area contributed by atoms with Gasteiger partial charge in [-0.05, 0) is 43.0 Å². The Hall–Kier alpha value is -2.44. The monoisotopic (exact) mass is 333 g/mol. The van der Waals surface area contributed by atoms with Crippen LogP contribution in [-0.4, -0.2) is 34.8 Å². The molecule has 2 fully saturated rings. The molecule has 128 valence electrons. The molecule has 0 unspecified atom stereocenters. The van der Waals surface area contributed by atoms with Crippen molar-refractivity contribution in [3.8, 4) is 0 Å². The van der Waals surface area contributed by atoms with E-state index in [2.05, 4.69) is 10.6 Å². The molecule has 1 spiro atoms. The first-order valence-corrected chi connectivity index (χ1v) is 8.12. The number of anilines is 1. The normalized spacial score (nSPS) is 26.6. The summed E-state index contributed by atoms with van der Waals surface area (Å²) < 4.78 is 12.9. The third-order valence-electron chi connectivity index (χ3n) is 4.93. The lowest BCUT2D eigenvalue weighted by molar-refractivity contribution is -0.136. The van der Waals surface area contributed by atoms with Gasteiger partial charge in [0.1, 0.15) is 17.9 Å². The zero-order chi connectivity index (χ0) is 17.3. The van der Waals surface area contributed by atoms with Crippen molar-refractivity contribution in [2.24, 2.45) is 5.92 Å². The van der Waals surface area contributed by atoms with Gasteiger partial charge < -0.3 is 10.6 Å². The quantitative estimate of drug-likeness (QED) is 0.833. The summed E-state index contributed by atoms with van der Waals surface area (Å²) in [6.07, 6.45) is 3.40. The van der Waals surface area contributed by atoms with Crippen LogP contribution in [0.5, 0.6) is 0 Å². The second-order valence-electron chi connectivity index (χ2n) is 6.49. The van der Waals surface area contributed by atoms with Crippen molar-refractivity contribution >= 4 is 23.5 Å². The van der Waals surface area contributed by atoms with Gasteiger partial charge in [-0.25, -0.2) is 9.18 Å². The zero-order valence-electron chi connectivity index (χ0n) is 13.5. The standard InChI is InChI=1S/C17H20FN3O3/c1-11-4-2-3-9-17(11)15(23)21(16(24)20-17)10-14(22)19-13-7-5-12(18)6-8-13/h5-8,11H,2-4,9-10H2,1H3,(H,19,22)(H,20,24)/t11-,17-/m1/s1. The van der Waals surface area contributed by atoms with Crippen LogP contribution < -0.4 is 10.6 Å². The summed E-state index contributed by atoms with van der Waals surface area (Å²) in [6, 6.07) is 4.76. The molecule has 0 bridgehead atoms. The SMILES string of the molecule is C[C@@H]1CCCC[C@@]12NC(=O)N(CC(=O)Nc1ccc(F)cc1)C2=O. The molecule has 1 aliphatic carbocycles. The number of hydrogen-bond donors (Lipinski definition) is 2. The van der Waals surface area contributed by atoms with Crippen LogP contribution in [0, 0.1) is 11.7 Å². The molecule has 0 aromatic heterocycles. The van der Waals surface area contributed by atoms with Crippen LogP contribution in [0.1, 0.15) is 32.6 Å². The van der Waals surface area contributed by atoms with Crippen molar-refractivity contribution in [2.45, 2.75) is 38.1 Å². The van der Waals surface area contributed by atoms with Gasteiger partial charge in [0.2, 0.25) is 5.91 Å². The third-order valence-corrected chi connectivity index (χ3v) is 4.93. The molecule has 4 amide bonds. The summed E-state index contributed by atoms with van der Waals surface area (Å²) >= 11 is 0. The Morgan fingerprint density at radius 3 is 2.71 bits per heavy atom. The van der Waals surface area contributed by atoms with Crippen LogP contribution in [0.3, 0.4) is 0 Å². The molecule has 2 N–H and O–H groups in total. The predicted octanol–water partition coefficient (Wildman–Crippen LogP) is 2.26. The summed E-state index contributed by atoms with van der Waals surface area (Å²) in [4.78, 5) is 38.0. The van der Waals surface area contributed by atoms with Gasteiger partial charge in [0, 0.05) is 5.69 Å². The van der Waals surface area contributed by atoms with E-state index in [9.17, 15) is 18.8 Å². The number of amides is 4. The topological polar surface area (TPSA) is 78.5 Å². The van der Waals surface area contributed by atoms with E-state index in [0.29, 0.717) is 12.1 Å². The summed E-state index contributed by atoms with van der Waals surface area (Å²) in [7, 11) is 0. The highest BCUT2D eigenvalue weighted by Crippen LogP contribution is 2.38. The van der Waals surface area contributed by atoms with Crippen LogP contribution in [0.2, 0.25) is 0 Å². The van der Waals surface area contributed by atoms with Crippen molar-refractivity contribution < 1.29 is 18.8 Å². The second kappa shape index (κ2) is 6.22. The molecule has 1 aliphatic heterocycles. The van der Waals surface area contributed by atoms with Gasteiger partial charge in [-0.1, -0.05) is 19.8 Å². The van der Waals surface area contributed by atoms with E-state index in [1.165, 1.54) is 24.3 Å². The Bertz CT molecular complexity index is 676. The molecular weight excluding hydrogens is 313 g/mol. The van der Waals surface area contributed by atoms with Crippen LogP contribution in [0.25, 0.3) is 0 Å². The highest BCUT2D eigenvalue weighted by molar-refractivity contribution is 6.10. The first-order chi connectivity index (χ1) is 11.4. The van der Waals surface area contributed by atoms with Crippen molar-refractivity contribution in [2.75, 3.05) is 11.9 Å². The number of imide groups is 1. The molecule has 3 rings (SSSR count). The smallest absolute Gasteiger partial charge is 0.325 e. The Kier molecular flexibility index (Phi) is 4.26. The molecule has 1 saturated carbocycles. The summed E-state index contributed by atoms with van der Waals surface area (Å²) in [5, 5.41) is 5.36. The third kappa shape index (κ3) is 2.86. The van der Waals surface area contributed by atoms with E-state index in [4.69, 9.17) is 0 Å². The van der Waals surface area contributed by atoms with Crippen LogP contribution in [-0.2, 0) is 9.59 Å². The number of hydrogen-bond acceptors (Lipinski definition) is 3. The van der Waals surface area contributed by atoms with Gasteiger partial charge in [0.25, 0.3) is 5.91 Å². The van der Waals surface area contributed by atoms with E-state index in [1.54, 1.807) is 0 Å². The second-order valence-corrected chi connectivity index (χ2v) is 6.49. The van der Waals surface area contributed by atoms with Crippen molar-refractivity contribution in [1.82, 2.24) is 10.2 Å². The first kappa shape index (κ1) is 16.4. The number of carbonyl (C=O) groups excluding carboxylic acids is 3. The molecule has 2 atom stereocenters. The van der Waals surface area contributed by atoms with Gasteiger partial charge in [-0.15, -0.1) is 0 Å². The predicted molar refractivity (Wildman–Crippen MR) is 85.6 cm³/mol. The maximum atomic E-state index is 12.9. The Balaban J connectivity index is 1.68. The molecular formula is C17H20FN3O3. The number of nitrogens with one attached hydrogen (secondary N) is 2. The minimum absolute atomic E-state index is 0.0489. The fourth-order valence-electron chi connectivity index (χ4n) is 3.52. The minimum Gasteiger partial charge on any atom is -0.325 e.